The van der Waals surface area contributed by atoms with Crippen LogP contribution in [0.5, 0.6) is 0 Å². The number of ether oxygens (including phenoxy) is 2. The molecule has 0 aromatic carbocycles. The predicted molar refractivity (Wildman–Crippen MR) is 63.1 cm³/mol. The van der Waals surface area contributed by atoms with Crippen LogP contribution in [0, 0.1) is 11.3 Å². The molecule has 0 aliphatic heterocycles. The third-order valence-electron chi connectivity index (χ3n) is 3.28. The molecule has 1 aliphatic carbocycles. The molecule has 1 rings (SSSR count). The molecule has 94 valence electrons. The van der Waals surface area contributed by atoms with Crippen molar-refractivity contribution in [1.82, 2.24) is 0 Å². The number of carbonyl (C=O) groups is 1. The minimum Gasteiger partial charge on any atom is -0.467 e. The molecule has 0 saturated heterocycles. The van der Waals surface area contributed by atoms with Crippen LogP contribution in [-0.4, -0.2) is 25.3 Å². The number of hydrogen-bond donors (Lipinski definition) is 0. The number of esters is 1. The summed E-state index contributed by atoms with van der Waals surface area (Å²) in [5.74, 6) is 0.384. The molecule has 0 spiro atoms. The summed E-state index contributed by atoms with van der Waals surface area (Å²) in [5.41, 5.74) is 0.318. The first-order valence-corrected chi connectivity index (χ1v) is 6.07. The van der Waals surface area contributed by atoms with Crippen LogP contribution in [0.15, 0.2) is 0 Å². The van der Waals surface area contributed by atoms with Gasteiger partial charge in [0.2, 0.25) is 0 Å². The van der Waals surface area contributed by atoms with Crippen molar-refractivity contribution in [2.45, 2.75) is 59.2 Å². The van der Waals surface area contributed by atoms with E-state index in [1.54, 1.807) is 6.92 Å². The Hall–Kier alpha value is -0.570. The van der Waals surface area contributed by atoms with Crippen molar-refractivity contribution in [3.05, 3.63) is 0 Å². The van der Waals surface area contributed by atoms with Gasteiger partial charge in [0.25, 0.3) is 0 Å². The minimum absolute atomic E-state index is 0.188. The lowest BCUT2D eigenvalue weighted by molar-refractivity contribution is -0.160. The zero-order valence-corrected chi connectivity index (χ0v) is 11.1. The number of hydrogen-bond acceptors (Lipinski definition) is 3. The molecule has 0 amide bonds. The lowest BCUT2D eigenvalue weighted by Gasteiger charge is -2.39. The van der Waals surface area contributed by atoms with E-state index in [2.05, 4.69) is 25.5 Å². The second-order valence-electron chi connectivity index (χ2n) is 5.84. The second kappa shape index (κ2) is 5.17. The molecule has 0 bridgehead atoms. The van der Waals surface area contributed by atoms with Crippen LogP contribution < -0.4 is 0 Å². The highest BCUT2D eigenvalue weighted by Gasteiger charge is 2.34. The van der Waals surface area contributed by atoms with Gasteiger partial charge in [0.05, 0.1) is 13.2 Å². The van der Waals surface area contributed by atoms with Gasteiger partial charge >= 0.3 is 5.97 Å². The summed E-state index contributed by atoms with van der Waals surface area (Å²) in [5, 5.41) is 0. The number of methoxy groups -OCH3 is 1. The first kappa shape index (κ1) is 13.5. The molecule has 0 aromatic heterocycles. The molecule has 3 heteroatoms. The van der Waals surface area contributed by atoms with Crippen LogP contribution in [0.4, 0.5) is 0 Å². The van der Waals surface area contributed by atoms with Gasteiger partial charge in [-0.2, -0.15) is 0 Å². The Kier molecular flexibility index (Phi) is 4.36. The highest BCUT2D eigenvalue weighted by molar-refractivity contribution is 5.73. The molecule has 0 N–H and O–H groups in total. The maximum Gasteiger partial charge on any atom is 0.334 e. The first-order valence-electron chi connectivity index (χ1n) is 6.07. The summed E-state index contributed by atoms with van der Waals surface area (Å²) in [6.07, 6.45) is 3.05. The monoisotopic (exact) mass is 228 g/mol. The minimum atomic E-state index is -0.448. The van der Waals surface area contributed by atoms with E-state index in [1.165, 1.54) is 13.5 Å². The van der Waals surface area contributed by atoms with Gasteiger partial charge in [-0.15, -0.1) is 0 Å². The Morgan fingerprint density at radius 3 is 2.50 bits per heavy atom. The highest BCUT2D eigenvalue weighted by atomic mass is 16.6. The Labute approximate surface area is 98.5 Å². The summed E-state index contributed by atoms with van der Waals surface area (Å²) in [7, 11) is 1.40. The van der Waals surface area contributed by atoms with Crippen LogP contribution >= 0.6 is 0 Å². The summed E-state index contributed by atoms with van der Waals surface area (Å²) >= 11 is 0. The first-order chi connectivity index (χ1) is 7.34. The standard InChI is InChI=1S/C13H24O3/c1-9-6-11(8-13(3,4)7-9)16-10(2)12(14)15-5/h9-11H,6-8H2,1-5H3/t9?,10-,11?/m1/s1. The Bertz CT molecular complexity index is 248. The summed E-state index contributed by atoms with van der Waals surface area (Å²) in [6.45, 7) is 8.54. The zero-order valence-electron chi connectivity index (χ0n) is 11.1. The van der Waals surface area contributed by atoms with Gasteiger partial charge in [-0.3, -0.25) is 0 Å². The van der Waals surface area contributed by atoms with Gasteiger partial charge in [-0.25, -0.2) is 4.79 Å². The van der Waals surface area contributed by atoms with Gasteiger partial charge < -0.3 is 9.47 Å². The SMILES string of the molecule is COC(=O)[C@@H](C)OC1CC(C)CC(C)(C)C1. The van der Waals surface area contributed by atoms with Crippen LogP contribution in [0.3, 0.4) is 0 Å². The highest BCUT2D eigenvalue weighted by Crippen LogP contribution is 2.39. The Morgan fingerprint density at radius 2 is 2.00 bits per heavy atom. The van der Waals surface area contributed by atoms with E-state index in [1.807, 2.05) is 0 Å². The van der Waals surface area contributed by atoms with E-state index in [9.17, 15) is 4.79 Å². The third-order valence-corrected chi connectivity index (χ3v) is 3.28. The molecule has 3 nitrogen and oxygen atoms in total. The predicted octanol–water partition coefficient (Wildman–Crippen LogP) is 2.78. The quantitative estimate of drug-likeness (QED) is 0.697. The van der Waals surface area contributed by atoms with E-state index < -0.39 is 6.10 Å². The van der Waals surface area contributed by atoms with E-state index in [4.69, 9.17) is 4.74 Å². The smallest absolute Gasteiger partial charge is 0.334 e. The van der Waals surface area contributed by atoms with Gasteiger partial charge in [0, 0.05) is 0 Å². The molecule has 1 fully saturated rings. The van der Waals surface area contributed by atoms with Gasteiger partial charge in [0.1, 0.15) is 0 Å². The summed E-state index contributed by atoms with van der Waals surface area (Å²) < 4.78 is 10.4. The normalized spacial score (nSPS) is 30.8. The van der Waals surface area contributed by atoms with Crippen molar-refractivity contribution in [2.24, 2.45) is 11.3 Å². The lowest BCUT2D eigenvalue weighted by Crippen LogP contribution is -2.36. The van der Waals surface area contributed by atoms with Crippen LogP contribution in [-0.2, 0) is 14.3 Å². The van der Waals surface area contributed by atoms with E-state index in [-0.39, 0.29) is 12.1 Å². The number of carbonyl (C=O) groups excluding carboxylic acids is 1. The van der Waals surface area contributed by atoms with E-state index >= 15 is 0 Å². The Morgan fingerprint density at radius 1 is 1.38 bits per heavy atom. The van der Waals surface area contributed by atoms with Crippen molar-refractivity contribution in [3.8, 4) is 0 Å². The summed E-state index contributed by atoms with van der Waals surface area (Å²) in [4.78, 5) is 11.3. The average molecular weight is 228 g/mol. The van der Waals surface area contributed by atoms with Crippen molar-refractivity contribution in [2.75, 3.05) is 7.11 Å². The van der Waals surface area contributed by atoms with E-state index in [0.29, 0.717) is 11.3 Å². The molecule has 0 aromatic rings. The fourth-order valence-electron chi connectivity index (χ4n) is 2.87. The molecular formula is C13H24O3. The van der Waals surface area contributed by atoms with Crippen molar-refractivity contribution in [3.63, 3.8) is 0 Å². The van der Waals surface area contributed by atoms with Crippen LogP contribution in [0.1, 0.15) is 47.0 Å². The summed E-state index contributed by atoms with van der Waals surface area (Å²) in [6, 6.07) is 0. The van der Waals surface area contributed by atoms with Crippen LogP contribution in [0.2, 0.25) is 0 Å². The molecule has 1 saturated carbocycles. The Balaban J connectivity index is 2.51. The topological polar surface area (TPSA) is 35.5 Å². The molecule has 0 radical (unpaired) electrons. The molecule has 0 heterocycles. The third kappa shape index (κ3) is 3.78. The lowest BCUT2D eigenvalue weighted by atomic mass is 9.71. The fourth-order valence-corrected chi connectivity index (χ4v) is 2.87. The van der Waals surface area contributed by atoms with Crippen molar-refractivity contribution >= 4 is 5.97 Å². The molecular weight excluding hydrogens is 204 g/mol. The average Bonchev–Trinajstić information content (AvgIpc) is 2.12. The molecule has 3 atom stereocenters. The molecule has 1 aliphatic rings. The molecule has 16 heavy (non-hydrogen) atoms. The van der Waals surface area contributed by atoms with Crippen molar-refractivity contribution < 1.29 is 14.3 Å². The largest absolute Gasteiger partial charge is 0.467 e. The second-order valence-corrected chi connectivity index (χ2v) is 5.84. The van der Waals surface area contributed by atoms with Crippen LogP contribution in [0.25, 0.3) is 0 Å². The maximum absolute atomic E-state index is 11.3. The van der Waals surface area contributed by atoms with E-state index in [0.717, 1.165) is 12.8 Å². The maximum atomic E-state index is 11.3. The number of rotatable bonds is 3. The molecule has 2 unspecified atom stereocenters. The zero-order chi connectivity index (χ0) is 12.3. The van der Waals surface area contributed by atoms with Crippen molar-refractivity contribution in [1.29, 1.82) is 0 Å². The van der Waals surface area contributed by atoms with Gasteiger partial charge in [-0.1, -0.05) is 20.8 Å². The van der Waals surface area contributed by atoms with Gasteiger partial charge in [-0.05, 0) is 37.5 Å². The fraction of sp³-hybridized carbons (Fsp3) is 0.923. The van der Waals surface area contributed by atoms with Gasteiger partial charge in [0.15, 0.2) is 6.10 Å².